The van der Waals surface area contributed by atoms with Gasteiger partial charge in [-0.1, -0.05) is 0 Å². The summed E-state index contributed by atoms with van der Waals surface area (Å²) in [5.41, 5.74) is 2.18. The van der Waals surface area contributed by atoms with Crippen LogP contribution in [-0.2, 0) is 11.2 Å². The Balaban J connectivity index is 1.96. The highest BCUT2D eigenvalue weighted by Gasteiger charge is 2.20. The summed E-state index contributed by atoms with van der Waals surface area (Å²) in [6.07, 6.45) is 0.327. The van der Waals surface area contributed by atoms with Crippen LogP contribution in [0, 0.1) is 6.92 Å². The molecule has 0 saturated carbocycles. The number of nitrogens with one attached hydrogen (secondary N) is 1. The molecule has 0 fully saturated rings. The number of ketones is 1. The summed E-state index contributed by atoms with van der Waals surface area (Å²) in [4.78, 5) is 23.4. The fourth-order valence-corrected chi connectivity index (χ4v) is 2.07. The Morgan fingerprint density at radius 2 is 2.11 bits per heavy atom. The maximum Gasteiger partial charge on any atom is 0.228 e. The van der Waals surface area contributed by atoms with E-state index in [0.29, 0.717) is 23.5 Å². The Morgan fingerprint density at radius 3 is 2.83 bits per heavy atom. The fraction of sp³-hybridized carbons (Fsp3) is 0.143. The summed E-state index contributed by atoms with van der Waals surface area (Å²) in [5.74, 6) is 0.828. The van der Waals surface area contributed by atoms with Gasteiger partial charge in [-0.05, 0) is 42.8 Å². The number of carbonyl (C=O) groups is 2. The second-order valence-electron chi connectivity index (χ2n) is 4.34. The fourth-order valence-electron chi connectivity index (χ4n) is 2.07. The summed E-state index contributed by atoms with van der Waals surface area (Å²) in [7, 11) is 0. The Morgan fingerprint density at radius 1 is 1.28 bits per heavy atom. The van der Waals surface area contributed by atoms with Crippen LogP contribution in [0.2, 0.25) is 0 Å². The Bertz CT molecular complexity index is 655. The van der Waals surface area contributed by atoms with E-state index >= 15 is 0 Å². The first kappa shape index (κ1) is 10.8. The largest absolute Gasteiger partial charge is 0.458 e. The van der Waals surface area contributed by atoms with E-state index in [4.69, 9.17) is 4.42 Å². The van der Waals surface area contributed by atoms with Crippen LogP contribution in [0.15, 0.2) is 34.7 Å². The Labute approximate surface area is 104 Å². The molecule has 1 N–H and O–H groups in total. The minimum Gasteiger partial charge on any atom is -0.458 e. The highest BCUT2D eigenvalue weighted by atomic mass is 16.3. The van der Waals surface area contributed by atoms with Gasteiger partial charge >= 0.3 is 0 Å². The topological polar surface area (TPSA) is 59.3 Å². The van der Waals surface area contributed by atoms with Crippen molar-refractivity contribution in [3.8, 4) is 0 Å². The van der Waals surface area contributed by atoms with Crippen molar-refractivity contribution >= 4 is 17.4 Å². The summed E-state index contributed by atoms with van der Waals surface area (Å²) in [5, 5.41) is 2.73. The predicted molar refractivity (Wildman–Crippen MR) is 65.7 cm³/mol. The van der Waals surface area contributed by atoms with Gasteiger partial charge in [0.2, 0.25) is 11.7 Å². The van der Waals surface area contributed by atoms with E-state index in [2.05, 4.69) is 5.32 Å². The summed E-state index contributed by atoms with van der Waals surface area (Å²) in [6, 6.07) is 8.61. The molecule has 2 aromatic rings. The molecule has 0 radical (unpaired) electrons. The van der Waals surface area contributed by atoms with Crippen LogP contribution in [0.25, 0.3) is 0 Å². The van der Waals surface area contributed by atoms with Gasteiger partial charge in [-0.25, -0.2) is 0 Å². The lowest BCUT2D eigenvalue weighted by Gasteiger charge is -2.01. The van der Waals surface area contributed by atoms with Gasteiger partial charge in [-0.15, -0.1) is 0 Å². The van der Waals surface area contributed by atoms with E-state index in [0.717, 1.165) is 11.3 Å². The van der Waals surface area contributed by atoms with Crippen molar-refractivity contribution in [2.45, 2.75) is 13.3 Å². The maximum atomic E-state index is 12.1. The molecule has 0 aliphatic carbocycles. The SMILES string of the molecule is Cc1ccc(C(=O)c2ccc3c(c2)CC(=O)N3)o1. The monoisotopic (exact) mass is 241 g/mol. The van der Waals surface area contributed by atoms with Gasteiger partial charge < -0.3 is 9.73 Å². The van der Waals surface area contributed by atoms with E-state index in [1.165, 1.54) is 0 Å². The standard InChI is InChI=1S/C14H11NO3/c1-8-2-5-12(18-8)14(17)9-3-4-11-10(6-9)7-13(16)15-11/h2-6H,7H2,1H3,(H,15,16). The first-order valence-electron chi connectivity index (χ1n) is 5.67. The normalized spacial score (nSPS) is 13.3. The van der Waals surface area contributed by atoms with Crippen molar-refractivity contribution in [1.29, 1.82) is 0 Å². The van der Waals surface area contributed by atoms with Gasteiger partial charge in [0.15, 0.2) is 5.76 Å². The second-order valence-corrected chi connectivity index (χ2v) is 4.34. The van der Waals surface area contributed by atoms with Gasteiger partial charge in [-0.2, -0.15) is 0 Å². The average molecular weight is 241 g/mol. The number of anilines is 1. The molecule has 1 aliphatic rings. The number of hydrogen-bond donors (Lipinski definition) is 1. The van der Waals surface area contributed by atoms with Crippen LogP contribution in [0.3, 0.4) is 0 Å². The Kier molecular flexibility index (Phi) is 2.30. The molecule has 1 amide bonds. The van der Waals surface area contributed by atoms with Gasteiger partial charge in [0.1, 0.15) is 5.76 Å². The van der Waals surface area contributed by atoms with E-state index in [-0.39, 0.29) is 11.7 Å². The second kappa shape index (κ2) is 3.84. The number of fused-ring (bicyclic) bond motifs is 1. The van der Waals surface area contributed by atoms with Crippen molar-refractivity contribution < 1.29 is 14.0 Å². The smallest absolute Gasteiger partial charge is 0.228 e. The molecule has 0 unspecified atom stereocenters. The van der Waals surface area contributed by atoms with Crippen LogP contribution < -0.4 is 5.32 Å². The quantitative estimate of drug-likeness (QED) is 0.821. The summed E-state index contributed by atoms with van der Waals surface area (Å²) in [6.45, 7) is 1.79. The highest BCUT2D eigenvalue weighted by Crippen LogP contribution is 2.25. The van der Waals surface area contributed by atoms with Crippen molar-refractivity contribution in [3.63, 3.8) is 0 Å². The van der Waals surface area contributed by atoms with Crippen molar-refractivity contribution in [1.82, 2.24) is 0 Å². The predicted octanol–water partition coefficient (Wildman–Crippen LogP) is 2.31. The molecule has 18 heavy (non-hydrogen) atoms. The number of carbonyl (C=O) groups excluding carboxylic acids is 2. The third-order valence-corrected chi connectivity index (χ3v) is 2.96. The van der Waals surface area contributed by atoms with E-state index in [9.17, 15) is 9.59 Å². The first-order chi connectivity index (χ1) is 8.63. The van der Waals surface area contributed by atoms with Crippen molar-refractivity contribution in [3.05, 3.63) is 53.0 Å². The molecule has 1 aromatic heterocycles. The molecule has 4 heteroatoms. The van der Waals surface area contributed by atoms with Gasteiger partial charge in [0, 0.05) is 11.3 Å². The minimum absolute atomic E-state index is 0.0385. The highest BCUT2D eigenvalue weighted by molar-refractivity contribution is 6.08. The molecule has 1 aromatic carbocycles. The maximum absolute atomic E-state index is 12.1. The first-order valence-corrected chi connectivity index (χ1v) is 5.67. The van der Waals surface area contributed by atoms with Gasteiger partial charge in [0.05, 0.1) is 6.42 Å². The third kappa shape index (κ3) is 1.72. The Hall–Kier alpha value is -2.36. The average Bonchev–Trinajstić information content (AvgIpc) is 2.92. The van der Waals surface area contributed by atoms with Gasteiger partial charge in [0.25, 0.3) is 0 Å². The molecular weight excluding hydrogens is 230 g/mol. The van der Waals surface area contributed by atoms with Crippen LogP contribution in [0.5, 0.6) is 0 Å². The van der Waals surface area contributed by atoms with E-state index in [1.54, 1.807) is 37.3 Å². The zero-order valence-electron chi connectivity index (χ0n) is 9.82. The molecule has 90 valence electrons. The molecule has 0 bridgehead atoms. The molecule has 2 heterocycles. The van der Waals surface area contributed by atoms with Crippen LogP contribution >= 0.6 is 0 Å². The lowest BCUT2D eigenvalue weighted by Crippen LogP contribution is -2.03. The molecule has 3 rings (SSSR count). The molecule has 0 atom stereocenters. The lowest BCUT2D eigenvalue weighted by molar-refractivity contribution is -0.115. The zero-order valence-corrected chi connectivity index (χ0v) is 9.82. The van der Waals surface area contributed by atoms with Crippen LogP contribution in [-0.4, -0.2) is 11.7 Å². The molecule has 0 saturated heterocycles. The number of hydrogen-bond acceptors (Lipinski definition) is 3. The molecule has 0 spiro atoms. The van der Waals surface area contributed by atoms with Crippen molar-refractivity contribution in [2.75, 3.05) is 5.32 Å². The molecule has 1 aliphatic heterocycles. The molecular formula is C14H11NO3. The van der Waals surface area contributed by atoms with Crippen molar-refractivity contribution in [2.24, 2.45) is 0 Å². The third-order valence-electron chi connectivity index (χ3n) is 2.96. The van der Waals surface area contributed by atoms with Crippen LogP contribution in [0.1, 0.15) is 27.4 Å². The summed E-state index contributed by atoms with van der Waals surface area (Å²) < 4.78 is 5.31. The number of amides is 1. The number of furan rings is 1. The minimum atomic E-state index is -0.162. The number of benzene rings is 1. The molecule has 4 nitrogen and oxygen atoms in total. The number of aryl methyl sites for hydroxylation is 1. The summed E-state index contributed by atoms with van der Waals surface area (Å²) >= 11 is 0. The lowest BCUT2D eigenvalue weighted by atomic mass is 10.0. The van der Waals surface area contributed by atoms with Crippen LogP contribution in [0.4, 0.5) is 5.69 Å². The van der Waals surface area contributed by atoms with Gasteiger partial charge in [-0.3, -0.25) is 9.59 Å². The zero-order chi connectivity index (χ0) is 12.7. The number of rotatable bonds is 2. The van der Waals surface area contributed by atoms with E-state index in [1.807, 2.05) is 0 Å². The van der Waals surface area contributed by atoms with E-state index < -0.39 is 0 Å².